The molecular weight excluding hydrogens is 365 g/mol. The molecule has 1 saturated heterocycles. The molecule has 4 nitrogen and oxygen atoms in total. The summed E-state index contributed by atoms with van der Waals surface area (Å²) in [6, 6.07) is 22.2. The normalized spacial score (nSPS) is 17.3. The first-order valence-electron chi connectivity index (χ1n) is 9.86. The van der Waals surface area contributed by atoms with Gasteiger partial charge in [-0.15, -0.1) is 0 Å². The first-order valence-corrected chi connectivity index (χ1v) is 9.86. The molecule has 0 bridgehead atoms. The van der Waals surface area contributed by atoms with Crippen molar-refractivity contribution in [2.75, 3.05) is 26.7 Å². The summed E-state index contributed by atoms with van der Waals surface area (Å²) >= 11 is 0. The number of likely N-dealkylation sites (N-methyl/N-ethyl adjacent to an activating group) is 1. The zero-order chi connectivity index (χ0) is 20.2. The van der Waals surface area contributed by atoms with E-state index < -0.39 is 0 Å². The predicted octanol–water partition coefficient (Wildman–Crippen LogP) is 3.89. The van der Waals surface area contributed by atoms with Crippen LogP contribution in [0.1, 0.15) is 16.1 Å². The Hall–Kier alpha value is -3.05. The summed E-state index contributed by atoms with van der Waals surface area (Å²) in [5.41, 5.74) is 3.16. The molecule has 1 aromatic heterocycles. The Kier molecular flexibility index (Phi) is 5.67. The minimum atomic E-state index is -0.289. The lowest BCUT2D eigenvalue weighted by Gasteiger charge is -2.39. The van der Waals surface area contributed by atoms with Crippen molar-refractivity contribution < 1.29 is 9.18 Å². The molecule has 3 aromatic rings. The van der Waals surface area contributed by atoms with E-state index in [-0.39, 0.29) is 17.8 Å². The Balaban J connectivity index is 1.50. The topological polar surface area (TPSA) is 36.4 Å². The van der Waals surface area contributed by atoms with Gasteiger partial charge >= 0.3 is 0 Å². The van der Waals surface area contributed by atoms with Gasteiger partial charge in [0.1, 0.15) is 11.5 Å². The van der Waals surface area contributed by atoms with Crippen LogP contribution in [0.15, 0.2) is 72.8 Å². The van der Waals surface area contributed by atoms with Gasteiger partial charge < -0.3 is 4.90 Å². The highest BCUT2D eigenvalue weighted by molar-refractivity contribution is 5.93. The van der Waals surface area contributed by atoms with Gasteiger partial charge in [0.15, 0.2) is 0 Å². The van der Waals surface area contributed by atoms with Gasteiger partial charge in [-0.2, -0.15) is 0 Å². The summed E-state index contributed by atoms with van der Waals surface area (Å²) in [4.78, 5) is 21.9. The molecule has 0 spiro atoms. The quantitative estimate of drug-likeness (QED) is 0.679. The Bertz CT molecular complexity index is 975. The molecule has 1 aliphatic rings. The summed E-state index contributed by atoms with van der Waals surface area (Å²) in [7, 11) is 2.11. The molecule has 4 rings (SSSR count). The van der Waals surface area contributed by atoms with Crippen molar-refractivity contribution >= 4 is 5.91 Å². The summed E-state index contributed by atoms with van der Waals surface area (Å²) < 4.78 is 13.2. The van der Waals surface area contributed by atoms with E-state index in [1.54, 1.807) is 18.2 Å². The van der Waals surface area contributed by atoms with Crippen molar-refractivity contribution in [3.63, 3.8) is 0 Å². The number of aromatic nitrogens is 1. The zero-order valence-corrected chi connectivity index (χ0v) is 16.5. The smallest absolute Gasteiger partial charge is 0.272 e. The molecule has 148 valence electrons. The van der Waals surface area contributed by atoms with E-state index in [0.717, 1.165) is 18.5 Å². The van der Waals surface area contributed by atoms with E-state index in [2.05, 4.69) is 29.1 Å². The van der Waals surface area contributed by atoms with Crippen LogP contribution >= 0.6 is 0 Å². The number of benzene rings is 2. The Morgan fingerprint density at radius 3 is 2.52 bits per heavy atom. The first-order chi connectivity index (χ1) is 14.1. The first kappa shape index (κ1) is 19.3. The van der Waals surface area contributed by atoms with Gasteiger partial charge in [-0.25, -0.2) is 9.37 Å². The van der Waals surface area contributed by atoms with Crippen LogP contribution in [0.25, 0.3) is 11.3 Å². The summed E-state index contributed by atoms with van der Waals surface area (Å²) in [5.74, 6) is -0.344. The van der Waals surface area contributed by atoms with Gasteiger partial charge in [-0.3, -0.25) is 9.69 Å². The fraction of sp³-hybridized carbons (Fsp3) is 0.250. The highest BCUT2D eigenvalue weighted by Crippen LogP contribution is 2.20. The molecule has 0 aliphatic carbocycles. The third-order valence-corrected chi connectivity index (χ3v) is 5.49. The molecule has 1 fully saturated rings. The highest BCUT2D eigenvalue weighted by Gasteiger charge is 2.28. The second kappa shape index (κ2) is 8.53. The van der Waals surface area contributed by atoms with Crippen LogP contribution in [0.5, 0.6) is 0 Å². The molecule has 0 saturated carbocycles. The van der Waals surface area contributed by atoms with Gasteiger partial charge in [0.2, 0.25) is 0 Å². The molecule has 1 aliphatic heterocycles. The van der Waals surface area contributed by atoms with Crippen molar-refractivity contribution in [3.05, 3.63) is 89.9 Å². The third-order valence-electron chi connectivity index (χ3n) is 5.49. The van der Waals surface area contributed by atoms with E-state index in [1.807, 2.05) is 35.2 Å². The largest absolute Gasteiger partial charge is 0.334 e. The number of nitrogens with zero attached hydrogens (tertiary/aromatic N) is 3. The second-order valence-corrected chi connectivity index (χ2v) is 7.49. The maximum Gasteiger partial charge on any atom is 0.272 e. The molecule has 0 N–H and O–H groups in total. The maximum atomic E-state index is 13.2. The number of hydrogen-bond acceptors (Lipinski definition) is 3. The lowest BCUT2D eigenvalue weighted by atomic mass is 10.0. The Morgan fingerprint density at radius 2 is 1.76 bits per heavy atom. The van der Waals surface area contributed by atoms with Crippen LogP contribution < -0.4 is 0 Å². The molecule has 5 heteroatoms. The fourth-order valence-corrected chi connectivity index (χ4v) is 3.73. The molecule has 0 radical (unpaired) electrons. The van der Waals surface area contributed by atoms with Crippen LogP contribution in [0.3, 0.4) is 0 Å². The van der Waals surface area contributed by atoms with Gasteiger partial charge in [-0.1, -0.05) is 36.4 Å². The number of hydrogen-bond donors (Lipinski definition) is 0. The lowest BCUT2D eigenvalue weighted by Crippen LogP contribution is -2.54. The van der Waals surface area contributed by atoms with E-state index in [4.69, 9.17) is 0 Å². The number of amides is 1. The fourth-order valence-electron chi connectivity index (χ4n) is 3.73. The molecule has 2 heterocycles. The predicted molar refractivity (Wildman–Crippen MR) is 112 cm³/mol. The molecular formula is C24H24FN3O. The number of halogens is 1. The Labute approximate surface area is 170 Å². The minimum Gasteiger partial charge on any atom is -0.334 e. The summed E-state index contributed by atoms with van der Waals surface area (Å²) in [6.45, 7) is 2.19. The Morgan fingerprint density at radius 1 is 1.00 bits per heavy atom. The molecule has 1 unspecified atom stereocenters. The average molecular weight is 389 g/mol. The standard InChI is InChI=1S/C24H24FN3O/c1-27-14-15-28(17-21(27)16-18-6-3-2-4-7-18)24(29)23-9-5-8-22(26-23)19-10-12-20(25)13-11-19/h2-13,21H,14-17H2,1H3. The van der Waals surface area contributed by atoms with Crippen LogP contribution in [0.2, 0.25) is 0 Å². The van der Waals surface area contributed by atoms with Crippen molar-refractivity contribution in [1.29, 1.82) is 0 Å². The minimum absolute atomic E-state index is 0.0554. The number of carbonyl (C=O) groups excluding carboxylic acids is 1. The monoisotopic (exact) mass is 389 g/mol. The lowest BCUT2D eigenvalue weighted by molar-refractivity contribution is 0.0542. The molecule has 29 heavy (non-hydrogen) atoms. The van der Waals surface area contributed by atoms with E-state index >= 15 is 0 Å². The maximum absolute atomic E-state index is 13.2. The van der Waals surface area contributed by atoms with Crippen LogP contribution in [-0.2, 0) is 6.42 Å². The number of piperazine rings is 1. The molecule has 1 amide bonds. The highest BCUT2D eigenvalue weighted by atomic mass is 19.1. The van der Waals surface area contributed by atoms with E-state index in [9.17, 15) is 9.18 Å². The average Bonchev–Trinajstić information content (AvgIpc) is 2.76. The molecule has 2 aromatic carbocycles. The van der Waals surface area contributed by atoms with Crippen molar-refractivity contribution in [1.82, 2.24) is 14.8 Å². The van der Waals surface area contributed by atoms with Gasteiger partial charge in [-0.05, 0) is 55.4 Å². The third kappa shape index (κ3) is 4.51. The SMILES string of the molecule is CN1CCN(C(=O)c2cccc(-c3ccc(F)cc3)n2)CC1Cc1ccccc1. The summed E-state index contributed by atoms with van der Waals surface area (Å²) in [5, 5.41) is 0. The van der Waals surface area contributed by atoms with Crippen LogP contribution in [-0.4, -0.2) is 53.4 Å². The number of rotatable bonds is 4. The second-order valence-electron chi connectivity index (χ2n) is 7.49. The number of carbonyl (C=O) groups is 1. The van der Waals surface area contributed by atoms with E-state index in [1.165, 1.54) is 17.7 Å². The van der Waals surface area contributed by atoms with Gasteiger partial charge in [0.05, 0.1) is 5.69 Å². The van der Waals surface area contributed by atoms with Crippen LogP contribution in [0.4, 0.5) is 4.39 Å². The number of pyridine rings is 1. The van der Waals surface area contributed by atoms with Gasteiger partial charge in [0.25, 0.3) is 5.91 Å². The van der Waals surface area contributed by atoms with Crippen LogP contribution in [0, 0.1) is 5.82 Å². The van der Waals surface area contributed by atoms with Crippen molar-refractivity contribution in [2.24, 2.45) is 0 Å². The molecule has 1 atom stereocenters. The van der Waals surface area contributed by atoms with Gasteiger partial charge in [0, 0.05) is 31.2 Å². The summed E-state index contributed by atoms with van der Waals surface area (Å²) in [6.07, 6.45) is 0.907. The van der Waals surface area contributed by atoms with Crippen molar-refractivity contribution in [3.8, 4) is 11.3 Å². The van der Waals surface area contributed by atoms with E-state index in [0.29, 0.717) is 24.5 Å². The van der Waals surface area contributed by atoms with Crippen molar-refractivity contribution in [2.45, 2.75) is 12.5 Å². The zero-order valence-electron chi connectivity index (χ0n) is 16.5.